The molecule has 0 saturated carbocycles. The first-order valence-electron chi connectivity index (χ1n) is 5.04. The molecule has 2 N–H and O–H groups in total. The number of benzene rings is 1. The Kier molecular flexibility index (Phi) is 4.36. The lowest BCUT2D eigenvalue weighted by Gasteiger charge is -2.21. The highest BCUT2D eigenvalue weighted by molar-refractivity contribution is 6.42. The van der Waals surface area contributed by atoms with Crippen LogP contribution in [-0.4, -0.2) is 12.3 Å². The third kappa shape index (κ3) is 3.48. The van der Waals surface area contributed by atoms with Gasteiger partial charge in [0.25, 0.3) is 0 Å². The Hall–Kier alpha value is -0.570. The maximum atomic E-state index is 11.9. The quantitative estimate of drug-likeness (QED) is 0.841. The van der Waals surface area contributed by atoms with Gasteiger partial charge in [0.2, 0.25) is 0 Å². The number of ketones is 1. The van der Waals surface area contributed by atoms with Gasteiger partial charge < -0.3 is 5.73 Å². The molecule has 0 atom stereocenters. The molecular weight excluding hydrogens is 245 g/mol. The van der Waals surface area contributed by atoms with E-state index in [-0.39, 0.29) is 11.2 Å². The van der Waals surface area contributed by atoms with Crippen molar-refractivity contribution in [2.75, 3.05) is 6.54 Å². The molecule has 1 aromatic carbocycles. The Morgan fingerprint density at radius 3 is 2.44 bits per heavy atom. The molecule has 1 aromatic rings. The van der Waals surface area contributed by atoms with Crippen LogP contribution in [0.1, 0.15) is 30.6 Å². The van der Waals surface area contributed by atoms with Gasteiger partial charge in [-0.15, -0.1) is 0 Å². The highest BCUT2D eigenvalue weighted by Crippen LogP contribution is 2.26. The average molecular weight is 260 g/mol. The molecule has 0 amide bonds. The topological polar surface area (TPSA) is 43.1 Å². The van der Waals surface area contributed by atoms with Crippen molar-refractivity contribution in [2.24, 2.45) is 11.1 Å². The lowest BCUT2D eigenvalue weighted by molar-refractivity contribution is 0.0935. The van der Waals surface area contributed by atoms with Crippen molar-refractivity contribution in [3.05, 3.63) is 33.8 Å². The smallest absolute Gasteiger partial charge is 0.163 e. The molecule has 0 aliphatic rings. The molecule has 88 valence electrons. The van der Waals surface area contributed by atoms with E-state index in [0.29, 0.717) is 28.6 Å². The van der Waals surface area contributed by atoms with Crippen LogP contribution in [-0.2, 0) is 0 Å². The summed E-state index contributed by atoms with van der Waals surface area (Å²) >= 11 is 11.6. The molecule has 0 radical (unpaired) electrons. The largest absolute Gasteiger partial charge is 0.330 e. The molecular formula is C12H15Cl2NO. The zero-order valence-electron chi connectivity index (χ0n) is 9.39. The van der Waals surface area contributed by atoms with Crippen molar-refractivity contribution in [3.8, 4) is 0 Å². The Morgan fingerprint density at radius 2 is 1.94 bits per heavy atom. The molecule has 0 unspecified atom stereocenters. The average Bonchev–Trinajstić information content (AvgIpc) is 2.21. The summed E-state index contributed by atoms with van der Waals surface area (Å²) in [7, 11) is 0. The van der Waals surface area contributed by atoms with Crippen LogP contribution in [0, 0.1) is 5.41 Å². The van der Waals surface area contributed by atoms with Crippen LogP contribution >= 0.6 is 23.2 Å². The van der Waals surface area contributed by atoms with Gasteiger partial charge in [-0.2, -0.15) is 0 Å². The molecule has 0 bridgehead atoms. The van der Waals surface area contributed by atoms with Crippen LogP contribution in [0.3, 0.4) is 0 Å². The first-order chi connectivity index (χ1) is 7.35. The molecule has 0 aromatic heterocycles. The fraction of sp³-hybridized carbons (Fsp3) is 0.417. The molecule has 4 heteroatoms. The zero-order chi connectivity index (χ0) is 12.3. The van der Waals surface area contributed by atoms with Gasteiger partial charge in [0, 0.05) is 12.0 Å². The van der Waals surface area contributed by atoms with Gasteiger partial charge in [-0.05, 0) is 30.2 Å². The highest BCUT2D eigenvalue weighted by Gasteiger charge is 2.21. The first kappa shape index (κ1) is 13.5. The number of hydrogen-bond acceptors (Lipinski definition) is 2. The van der Waals surface area contributed by atoms with Crippen molar-refractivity contribution in [1.82, 2.24) is 0 Å². The van der Waals surface area contributed by atoms with Crippen molar-refractivity contribution in [2.45, 2.75) is 20.3 Å². The highest BCUT2D eigenvalue weighted by atomic mass is 35.5. The number of Topliss-reactive ketones (excluding diaryl/α,β-unsaturated/α-hetero) is 1. The van der Waals surface area contributed by atoms with Gasteiger partial charge in [0.1, 0.15) is 0 Å². The minimum Gasteiger partial charge on any atom is -0.330 e. The number of halogens is 2. The van der Waals surface area contributed by atoms with Crippen LogP contribution in [0.4, 0.5) is 0 Å². The lowest BCUT2D eigenvalue weighted by Crippen LogP contribution is -2.26. The molecule has 0 aliphatic carbocycles. The van der Waals surface area contributed by atoms with Gasteiger partial charge in [0.05, 0.1) is 10.0 Å². The normalized spacial score (nSPS) is 11.6. The van der Waals surface area contributed by atoms with Crippen LogP contribution in [0.5, 0.6) is 0 Å². The number of carbonyl (C=O) groups is 1. The summed E-state index contributed by atoms with van der Waals surface area (Å²) in [5.74, 6) is 0.0361. The van der Waals surface area contributed by atoms with Crippen molar-refractivity contribution >= 4 is 29.0 Å². The van der Waals surface area contributed by atoms with E-state index in [1.165, 1.54) is 0 Å². The van der Waals surface area contributed by atoms with E-state index < -0.39 is 0 Å². The van der Waals surface area contributed by atoms with Crippen molar-refractivity contribution in [3.63, 3.8) is 0 Å². The lowest BCUT2D eigenvalue weighted by atomic mass is 9.86. The third-order valence-corrected chi connectivity index (χ3v) is 3.17. The van der Waals surface area contributed by atoms with E-state index in [4.69, 9.17) is 28.9 Å². The van der Waals surface area contributed by atoms with Crippen LogP contribution in [0.2, 0.25) is 10.0 Å². The fourth-order valence-electron chi connectivity index (χ4n) is 1.28. The number of nitrogens with two attached hydrogens (primary N) is 1. The van der Waals surface area contributed by atoms with Gasteiger partial charge in [-0.25, -0.2) is 0 Å². The minimum absolute atomic E-state index is 0.0361. The second-order valence-corrected chi connectivity index (χ2v) is 5.41. The fourth-order valence-corrected chi connectivity index (χ4v) is 1.58. The van der Waals surface area contributed by atoms with E-state index in [0.717, 1.165) is 0 Å². The number of rotatable bonds is 4. The van der Waals surface area contributed by atoms with Crippen LogP contribution in [0.15, 0.2) is 18.2 Å². The Balaban J connectivity index is 2.85. The maximum Gasteiger partial charge on any atom is 0.163 e. The summed E-state index contributed by atoms with van der Waals surface area (Å²) in [5.41, 5.74) is 5.98. The maximum absolute atomic E-state index is 11.9. The van der Waals surface area contributed by atoms with Crippen molar-refractivity contribution < 1.29 is 4.79 Å². The summed E-state index contributed by atoms with van der Waals surface area (Å²) < 4.78 is 0. The van der Waals surface area contributed by atoms with Gasteiger partial charge in [-0.3, -0.25) is 4.79 Å². The Bertz CT molecular complexity index is 402. The van der Waals surface area contributed by atoms with Crippen LogP contribution < -0.4 is 5.73 Å². The Labute approximate surface area is 106 Å². The molecule has 2 nitrogen and oxygen atoms in total. The van der Waals surface area contributed by atoms with Gasteiger partial charge in [0.15, 0.2) is 5.78 Å². The molecule has 0 saturated heterocycles. The predicted molar refractivity (Wildman–Crippen MR) is 68.2 cm³/mol. The van der Waals surface area contributed by atoms with E-state index in [1.807, 2.05) is 13.8 Å². The van der Waals surface area contributed by atoms with E-state index in [2.05, 4.69) is 0 Å². The standard InChI is InChI=1S/C12H15Cl2NO/c1-12(2,7-15)6-11(16)8-3-4-9(13)10(14)5-8/h3-5H,6-7,15H2,1-2H3. The van der Waals surface area contributed by atoms with Gasteiger partial charge in [-0.1, -0.05) is 37.0 Å². The molecule has 1 rings (SSSR count). The van der Waals surface area contributed by atoms with Crippen LogP contribution in [0.25, 0.3) is 0 Å². The molecule has 0 fully saturated rings. The molecule has 16 heavy (non-hydrogen) atoms. The minimum atomic E-state index is -0.191. The van der Waals surface area contributed by atoms with E-state index in [9.17, 15) is 4.79 Å². The summed E-state index contributed by atoms with van der Waals surface area (Å²) in [6, 6.07) is 4.91. The SMILES string of the molecule is CC(C)(CN)CC(=O)c1ccc(Cl)c(Cl)c1. The predicted octanol–water partition coefficient (Wildman–Crippen LogP) is 3.55. The number of hydrogen-bond donors (Lipinski definition) is 1. The van der Waals surface area contributed by atoms with E-state index in [1.54, 1.807) is 18.2 Å². The Morgan fingerprint density at radius 1 is 1.31 bits per heavy atom. The zero-order valence-corrected chi connectivity index (χ0v) is 10.9. The van der Waals surface area contributed by atoms with E-state index >= 15 is 0 Å². The summed E-state index contributed by atoms with van der Waals surface area (Å²) in [4.78, 5) is 11.9. The summed E-state index contributed by atoms with van der Waals surface area (Å²) in [6.45, 7) is 4.39. The summed E-state index contributed by atoms with van der Waals surface area (Å²) in [6.07, 6.45) is 0.404. The molecule has 0 spiro atoms. The first-order valence-corrected chi connectivity index (χ1v) is 5.79. The third-order valence-electron chi connectivity index (χ3n) is 2.43. The number of carbonyl (C=O) groups excluding carboxylic acids is 1. The van der Waals surface area contributed by atoms with Gasteiger partial charge >= 0.3 is 0 Å². The summed E-state index contributed by atoms with van der Waals surface area (Å²) in [5, 5.41) is 0.856. The molecule has 0 aliphatic heterocycles. The molecule has 0 heterocycles. The monoisotopic (exact) mass is 259 g/mol. The second-order valence-electron chi connectivity index (χ2n) is 4.60. The van der Waals surface area contributed by atoms with Crippen molar-refractivity contribution in [1.29, 1.82) is 0 Å². The second kappa shape index (κ2) is 5.17.